The average Bonchev–Trinajstić information content (AvgIpc) is 2.58. The molecule has 0 aromatic heterocycles. The van der Waals surface area contributed by atoms with Gasteiger partial charge in [0.25, 0.3) is 0 Å². The third-order valence-corrected chi connectivity index (χ3v) is 4.05. The molecule has 1 unspecified atom stereocenters. The Kier molecular flexibility index (Phi) is 6.44. The number of likely N-dealkylation sites (tertiary alicyclic amines) is 1. The molecular formula is C18H27N3O2. The first-order valence-corrected chi connectivity index (χ1v) is 8.40. The van der Waals surface area contributed by atoms with E-state index in [0.29, 0.717) is 32.1 Å². The van der Waals surface area contributed by atoms with Gasteiger partial charge in [0.1, 0.15) is 0 Å². The maximum absolute atomic E-state index is 12.3. The number of nitrogens with zero attached hydrogens (tertiary/aromatic N) is 1. The maximum Gasteiger partial charge on any atom is 0.317 e. The summed E-state index contributed by atoms with van der Waals surface area (Å²) in [6.07, 6.45) is 1.73. The Bertz CT molecular complexity index is 516. The maximum atomic E-state index is 12.3. The molecule has 1 aliphatic heterocycles. The number of hydrogen-bond acceptors (Lipinski definition) is 2. The molecule has 3 amide bonds. The summed E-state index contributed by atoms with van der Waals surface area (Å²) in [4.78, 5) is 26.2. The van der Waals surface area contributed by atoms with E-state index < -0.39 is 0 Å². The Labute approximate surface area is 138 Å². The second-order valence-electron chi connectivity index (χ2n) is 6.57. The van der Waals surface area contributed by atoms with Gasteiger partial charge in [0.05, 0.1) is 5.92 Å². The predicted molar refractivity (Wildman–Crippen MR) is 90.8 cm³/mol. The minimum Gasteiger partial charge on any atom is -0.356 e. The van der Waals surface area contributed by atoms with Crippen molar-refractivity contribution < 1.29 is 9.59 Å². The Morgan fingerprint density at radius 1 is 1.22 bits per heavy atom. The van der Waals surface area contributed by atoms with Gasteiger partial charge in [-0.2, -0.15) is 0 Å². The number of carbonyl (C=O) groups excluding carboxylic acids is 2. The number of piperidine rings is 1. The molecule has 1 aliphatic rings. The summed E-state index contributed by atoms with van der Waals surface area (Å²) < 4.78 is 0. The topological polar surface area (TPSA) is 61.4 Å². The average molecular weight is 317 g/mol. The number of nitrogens with one attached hydrogen (secondary N) is 2. The molecule has 1 aromatic carbocycles. The van der Waals surface area contributed by atoms with Gasteiger partial charge in [0, 0.05) is 26.2 Å². The van der Waals surface area contributed by atoms with Crippen molar-refractivity contribution in [1.29, 1.82) is 0 Å². The number of urea groups is 1. The van der Waals surface area contributed by atoms with E-state index in [-0.39, 0.29) is 17.9 Å². The quantitative estimate of drug-likeness (QED) is 0.876. The number of hydrogen-bond donors (Lipinski definition) is 2. The van der Waals surface area contributed by atoms with E-state index in [0.717, 1.165) is 18.4 Å². The van der Waals surface area contributed by atoms with Crippen molar-refractivity contribution in [2.24, 2.45) is 11.8 Å². The summed E-state index contributed by atoms with van der Waals surface area (Å²) in [6.45, 7) is 6.57. The Balaban J connectivity index is 1.80. The van der Waals surface area contributed by atoms with Crippen LogP contribution in [0.2, 0.25) is 0 Å². The molecule has 0 bridgehead atoms. The minimum absolute atomic E-state index is 0.0688. The smallest absolute Gasteiger partial charge is 0.317 e. The number of amides is 3. The molecule has 5 nitrogen and oxygen atoms in total. The normalized spacial score (nSPS) is 17.9. The first kappa shape index (κ1) is 17.3. The summed E-state index contributed by atoms with van der Waals surface area (Å²) in [6, 6.07) is 9.75. The molecule has 5 heteroatoms. The highest BCUT2D eigenvalue weighted by Crippen LogP contribution is 2.17. The van der Waals surface area contributed by atoms with Gasteiger partial charge in [-0.25, -0.2) is 4.79 Å². The second kappa shape index (κ2) is 8.56. The molecule has 1 fully saturated rings. The van der Waals surface area contributed by atoms with Gasteiger partial charge in [-0.3, -0.25) is 4.79 Å². The van der Waals surface area contributed by atoms with E-state index in [4.69, 9.17) is 0 Å². The van der Waals surface area contributed by atoms with Crippen LogP contribution >= 0.6 is 0 Å². The zero-order chi connectivity index (χ0) is 16.7. The number of benzene rings is 1. The summed E-state index contributed by atoms with van der Waals surface area (Å²) >= 11 is 0. The van der Waals surface area contributed by atoms with E-state index in [1.54, 1.807) is 4.90 Å². The Morgan fingerprint density at radius 2 is 1.96 bits per heavy atom. The highest BCUT2D eigenvalue weighted by Gasteiger charge is 2.28. The third-order valence-electron chi connectivity index (χ3n) is 4.05. The molecular weight excluding hydrogens is 290 g/mol. The fraction of sp³-hybridized carbons (Fsp3) is 0.556. The van der Waals surface area contributed by atoms with Crippen LogP contribution in [-0.2, 0) is 11.3 Å². The van der Waals surface area contributed by atoms with Crippen molar-refractivity contribution in [2.45, 2.75) is 33.2 Å². The number of carbonyl (C=O) groups is 2. The van der Waals surface area contributed by atoms with Crippen molar-refractivity contribution in [3.8, 4) is 0 Å². The largest absolute Gasteiger partial charge is 0.356 e. The van der Waals surface area contributed by atoms with E-state index in [9.17, 15) is 9.59 Å². The van der Waals surface area contributed by atoms with Crippen LogP contribution in [0.15, 0.2) is 30.3 Å². The van der Waals surface area contributed by atoms with Crippen LogP contribution in [0.1, 0.15) is 32.3 Å². The van der Waals surface area contributed by atoms with Crippen molar-refractivity contribution in [1.82, 2.24) is 15.5 Å². The number of rotatable bonds is 5. The molecule has 0 radical (unpaired) electrons. The molecule has 0 spiro atoms. The monoisotopic (exact) mass is 317 g/mol. The summed E-state index contributed by atoms with van der Waals surface area (Å²) in [5.74, 6) is 0.414. The Hall–Kier alpha value is -2.04. The van der Waals surface area contributed by atoms with Crippen LogP contribution in [0.4, 0.5) is 4.79 Å². The fourth-order valence-corrected chi connectivity index (χ4v) is 2.71. The zero-order valence-corrected chi connectivity index (χ0v) is 14.0. The lowest BCUT2D eigenvalue weighted by atomic mass is 9.97. The second-order valence-corrected chi connectivity index (χ2v) is 6.57. The van der Waals surface area contributed by atoms with Crippen molar-refractivity contribution in [2.75, 3.05) is 19.6 Å². The summed E-state index contributed by atoms with van der Waals surface area (Å²) in [7, 11) is 0. The molecule has 2 rings (SSSR count). The SMILES string of the molecule is CC(C)CNC(=O)C1CCCN(C(=O)NCc2ccccc2)C1. The van der Waals surface area contributed by atoms with Crippen LogP contribution in [0.3, 0.4) is 0 Å². The van der Waals surface area contributed by atoms with Gasteiger partial charge in [-0.1, -0.05) is 44.2 Å². The fourth-order valence-electron chi connectivity index (χ4n) is 2.71. The van der Waals surface area contributed by atoms with Gasteiger partial charge in [0.15, 0.2) is 0 Å². The molecule has 1 atom stereocenters. The molecule has 0 aliphatic carbocycles. The molecule has 23 heavy (non-hydrogen) atoms. The van der Waals surface area contributed by atoms with Crippen molar-refractivity contribution >= 4 is 11.9 Å². The molecule has 126 valence electrons. The third kappa shape index (κ3) is 5.58. The van der Waals surface area contributed by atoms with Gasteiger partial charge in [-0.15, -0.1) is 0 Å². The molecule has 1 heterocycles. The lowest BCUT2D eigenvalue weighted by Crippen LogP contribution is -2.49. The van der Waals surface area contributed by atoms with Crippen molar-refractivity contribution in [3.63, 3.8) is 0 Å². The first-order valence-electron chi connectivity index (χ1n) is 8.40. The summed E-state index contributed by atoms with van der Waals surface area (Å²) in [5, 5.41) is 5.91. The van der Waals surface area contributed by atoms with Gasteiger partial charge < -0.3 is 15.5 Å². The highest BCUT2D eigenvalue weighted by atomic mass is 16.2. The zero-order valence-electron chi connectivity index (χ0n) is 14.0. The van der Waals surface area contributed by atoms with Gasteiger partial charge in [-0.05, 0) is 24.3 Å². The minimum atomic E-state index is -0.0926. The van der Waals surface area contributed by atoms with E-state index >= 15 is 0 Å². The van der Waals surface area contributed by atoms with E-state index in [1.165, 1.54) is 0 Å². The van der Waals surface area contributed by atoms with Crippen LogP contribution in [0, 0.1) is 11.8 Å². The van der Waals surface area contributed by atoms with Crippen molar-refractivity contribution in [3.05, 3.63) is 35.9 Å². The predicted octanol–water partition coefficient (Wildman–Crippen LogP) is 2.38. The van der Waals surface area contributed by atoms with E-state index in [1.807, 2.05) is 30.3 Å². The highest BCUT2D eigenvalue weighted by molar-refractivity contribution is 5.80. The van der Waals surface area contributed by atoms with Crippen LogP contribution in [0.25, 0.3) is 0 Å². The van der Waals surface area contributed by atoms with Crippen LogP contribution < -0.4 is 10.6 Å². The first-order chi connectivity index (χ1) is 11.1. The van der Waals surface area contributed by atoms with Gasteiger partial charge in [0.2, 0.25) is 5.91 Å². The molecule has 1 aromatic rings. The summed E-state index contributed by atoms with van der Waals surface area (Å²) in [5.41, 5.74) is 1.07. The standard InChI is InChI=1S/C18H27N3O2/c1-14(2)11-19-17(22)16-9-6-10-21(13-16)18(23)20-12-15-7-4-3-5-8-15/h3-5,7-8,14,16H,6,9-13H2,1-2H3,(H,19,22)(H,20,23). The lowest BCUT2D eigenvalue weighted by Gasteiger charge is -2.32. The molecule has 1 saturated heterocycles. The molecule has 0 saturated carbocycles. The Morgan fingerprint density at radius 3 is 2.65 bits per heavy atom. The van der Waals surface area contributed by atoms with E-state index in [2.05, 4.69) is 24.5 Å². The van der Waals surface area contributed by atoms with Crippen LogP contribution in [-0.4, -0.2) is 36.5 Å². The van der Waals surface area contributed by atoms with Crippen LogP contribution in [0.5, 0.6) is 0 Å². The lowest BCUT2D eigenvalue weighted by molar-refractivity contribution is -0.126. The van der Waals surface area contributed by atoms with Gasteiger partial charge >= 0.3 is 6.03 Å². The molecule has 2 N–H and O–H groups in total.